The number of sulfonamides is 1. The van der Waals surface area contributed by atoms with Crippen molar-refractivity contribution in [1.29, 1.82) is 0 Å². The third-order valence-electron chi connectivity index (χ3n) is 5.61. The number of carbonyl (C=O) groups excluding carboxylic acids is 2. The Morgan fingerprint density at radius 1 is 1.16 bits per heavy atom. The molecule has 0 heterocycles. The van der Waals surface area contributed by atoms with Gasteiger partial charge in [0.05, 0.1) is 18.3 Å². The van der Waals surface area contributed by atoms with Crippen LogP contribution in [0.25, 0.3) is 0 Å². The van der Waals surface area contributed by atoms with Crippen LogP contribution in [0.4, 0.5) is 11.4 Å². The third-order valence-corrected chi connectivity index (χ3v) is 7.33. The molecule has 0 aliphatic carbocycles. The number of benzene rings is 2. The zero-order valence-electron chi connectivity index (χ0n) is 21.4. The SMILES string of the molecule is CCCNC(=O)C(CC)N(Cc1ccc(Cl)cc1Cl)C(=O)CN(c1cc([N+](=O)[O-])ccc1OC)S(C)(=O)=O. The fraction of sp³-hybridized carbons (Fsp3) is 0.417. The van der Waals surface area contributed by atoms with E-state index in [1.807, 2.05) is 6.92 Å². The Morgan fingerprint density at radius 3 is 2.37 bits per heavy atom. The summed E-state index contributed by atoms with van der Waals surface area (Å²) in [5.41, 5.74) is -0.0902. The molecule has 2 amide bonds. The molecule has 38 heavy (non-hydrogen) atoms. The fourth-order valence-corrected chi connectivity index (χ4v) is 5.01. The number of amides is 2. The largest absolute Gasteiger partial charge is 0.495 e. The van der Waals surface area contributed by atoms with Gasteiger partial charge in [-0.2, -0.15) is 0 Å². The van der Waals surface area contributed by atoms with Crippen molar-refractivity contribution in [3.8, 4) is 5.75 Å². The number of halogens is 2. The van der Waals surface area contributed by atoms with Crippen LogP contribution in [0.2, 0.25) is 10.0 Å². The van der Waals surface area contributed by atoms with Gasteiger partial charge in [-0.3, -0.25) is 24.0 Å². The lowest BCUT2D eigenvalue weighted by Crippen LogP contribution is -2.52. The summed E-state index contributed by atoms with van der Waals surface area (Å²) in [5.74, 6) is -1.13. The van der Waals surface area contributed by atoms with E-state index < -0.39 is 45.0 Å². The number of ether oxygens (including phenoxy) is 1. The molecular weight excluding hydrogens is 559 g/mol. The first-order chi connectivity index (χ1) is 17.8. The highest BCUT2D eigenvalue weighted by molar-refractivity contribution is 7.92. The molecule has 0 aromatic heterocycles. The first-order valence-corrected chi connectivity index (χ1v) is 14.3. The van der Waals surface area contributed by atoms with Gasteiger partial charge < -0.3 is 15.0 Å². The summed E-state index contributed by atoms with van der Waals surface area (Å²) in [4.78, 5) is 38.7. The highest BCUT2D eigenvalue weighted by Gasteiger charge is 2.33. The topological polar surface area (TPSA) is 139 Å². The number of nitro benzene ring substituents is 1. The van der Waals surface area contributed by atoms with Crippen LogP contribution in [0.1, 0.15) is 32.3 Å². The molecule has 14 heteroatoms. The first kappa shape index (κ1) is 31.1. The number of non-ortho nitro benzene ring substituents is 1. The Bertz CT molecular complexity index is 1290. The normalized spacial score (nSPS) is 11.9. The van der Waals surface area contributed by atoms with Crippen LogP contribution in [0.15, 0.2) is 36.4 Å². The van der Waals surface area contributed by atoms with Crippen molar-refractivity contribution in [2.75, 3.05) is 30.8 Å². The van der Waals surface area contributed by atoms with E-state index in [1.165, 1.54) is 24.1 Å². The van der Waals surface area contributed by atoms with E-state index >= 15 is 0 Å². The van der Waals surface area contributed by atoms with Crippen molar-refractivity contribution in [3.05, 3.63) is 62.1 Å². The van der Waals surface area contributed by atoms with Crippen molar-refractivity contribution >= 4 is 56.4 Å². The molecular formula is C24H30Cl2N4O7S. The smallest absolute Gasteiger partial charge is 0.271 e. The van der Waals surface area contributed by atoms with Crippen LogP contribution < -0.4 is 14.4 Å². The van der Waals surface area contributed by atoms with Gasteiger partial charge in [0, 0.05) is 35.3 Å². The number of nitrogens with one attached hydrogen (secondary N) is 1. The minimum atomic E-state index is -4.14. The van der Waals surface area contributed by atoms with Crippen LogP contribution in [-0.2, 0) is 26.2 Å². The summed E-state index contributed by atoms with van der Waals surface area (Å²) < 4.78 is 31.6. The van der Waals surface area contributed by atoms with Crippen LogP contribution in [0, 0.1) is 10.1 Å². The number of anilines is 1. The maximum atomic E-state index is 13.7. The molecule has 0 radical (unpaired) electrons. The molecule has 1 N–H and O–H groups in total. The summed E-state index contributed by atoms with van der Waals surface area (Å²) >= 11 is 12.3. The lowest BCUT2D eigenvalue weighted by Gasteiger charge is -2.33. The summed E-state index contributed by atoms with van der Waals surface area (Å²) in [6, 6.07) is 7.16. The monoisotopic (exact) mass is 588 g/mol. The van der Waals surface area contributed by atoms with Gasteiger partial charge in [0.2, 0.25) is 21.8 Å². The van der Waals surface area contributed by atoms with Crippen molar-refractivity contribution < 1.29 is 27.7 Å². The molecule has 0 saturated carbocycles. The number of hydrogen-bond donors (Lipinski definition) is 1. The van der Waals surface area contributed by atoms with Crippen molar-refractivity contribution in [2.45, 2.75) is 39.3 Å². The number of nitro groups is 1. The second kappa shape index (κ2) is 13.6. The third kappa shape index (κ3) is 7.95. The van der Waals surface area contributed by atoms with Gasteiger partial charge >= 0.3 is 0 Å². The van der Waals surface area contributed by atoms with E-state index in [2.05, 4.69) is 5.32 Å². The summed E-state index contributed by atoms with van der Waals surface area (Å²) in [6.07, 6.45) is 1.77. The molecule has 208 valence electrons. The predicted molar refractivity (Wildman–Crippen MR) is 146 cm³/mol. The van der Waals surface area contributed by atoms with Gasteiger partial charge in [-0.1, -0.05) is 43.1 Å². The molecule has 0 bridgehead atoms. The zero-order valence-corrected chi connectivity index (χ0v) is 23.8. The highest BCUT2D eigenvalue weighted by atomic mass is 35.5. The zero-order chi connectivity index (χ0) is 28.6. The Balaban J connectivity index is 2.58. The number of methoxy groups -OCH3 is 1. The Kier molecular flexibility index (Phi) is 11.2. The number of hydrogen-bond acceptors (Lipinski definition) is 7. The Hall–Kier alpha value is -3.09. The first-order valence-electron chi connectivity index (χ1n) is 11.6. The van der Waals surface area contributed by atoms with Crippen molar-refractivity contribution in [2.24, 2.45) is 0 Å². The molecule has 0 spiro atoms. The number of rotatable bonds is 13. The number of nitrogens with zero attached hydrogens (tertiary/aromatic N) is 3. The molecule has 1 atom stereocenters. The lowest BCUT2D eigenvalue weighted by molar-refractivity contribution is -0.384. The van der Waals surface area contributed by atoms with Gasteiger partial charge in [0.1, 0.15) is 24.0 Å². The van der Waals surface area contributed by atoms with E-state index in [1.54, 1.807) is 19.1 Å². The summed E-state index contributed by atoms with van der Waals surface area (Å²) in [5, 5.41) is 14.8. The van der Waals surface area contributed by atoms with Crippen LogP contribution in [0.3, 0.4) is 0 Å². The average Bonchev–Trinajstić information content (AvgIpc) is 2.85. The maximum Gasteiger partial charge on any atom is 0.271 e. The van der Waals surface area contributed by atoms with Crippen LogP contribution >= 0.6 is 23.2 Å². The second-order valence-electron chi connectivity index (χ2n) is 8.36. The number of carbonyl (C=O) groups is 2. The molecule has 0 saturated heterocycles. The molecule has 0 aliphatic rings. The maximum absolute atomic E-state index is 13.7. The van der Waals surface area contributed by atoms with E-state index in [0.29, 0.717) is 27.9 Å². The van der Waals surface area contributed by atoms with Gasteiger partial charge in [-0.05, 0) is 36.6 Å². The van der Waals surface area contributed by atoms with Gasteiger partial charge in [-0.15, -0.1) is 0 Å². The molecule has 2 aromatic rings. The fourth-order valence-electron chi connectivity index (χ4n) is 3.70. The predicted octanol–water partition coefficient (Wildman–Crippen LogP) is 4.01. The minimum absolute atomic E-state index is 0.00820. The molecule has 11 nitrogen and oxygen atoms in total. The molecule has 0 fully saturated rings. The highest BCUT2D eigenvalue weighted by Crippen LogP contribution is 2.34. The van der Waals surface area contributed by atoms with Gasteiger partial charge in [0.15, 0.2) is 0 Å². The van der Waals surface area contributed by atoms with Crippen molar-refractivity contribution in [1.82, 2.24) is 10.2 Å². The Morgan fingerprint density at radius 2 is 1.84 bits per heavy atom. The standard InChI is InChI=1S/C24H30Cl2N4O7S/c1-5-11-27-24(32)20(6-2)28(14-16-7-8-17(25)12-19(16)26)23(31)15-29(38(4,35)36)21-13-18(30(33)34)9-10-22(21)37-3/h7-10,12-13,20H,5-6,11,14-15H2,1-4H3,(H,27,32). The van der Waals surface area contributed by atoms with E-state index in [-0.39, 0.29) is 29.4 Å². The lowest BCUT2D eigenvalue weighted by atomic mass is 10.1. The molecule has 2 aromatic carbocycles. The minimum Gasteiger partial charge on any atom is -0.495 e. The van der Waals surface area contributed by atoms with E-state index in [9.17, 15) is 28.1 Å². The second-order valence-corrected chi connectivity index (χ2v) is 11.1. The van der Waals surface area contributed by atoms with Crippen molar-refractivity contribution in [3.63, 3.8) is 0 Å². The van der Waals surface area contributed by atoms with Crippen LogP contribution in [-0.4, -0.2) is 62.6 Å². The molecule has 2 rings (SSSR count). The van der Waals surface area contributed by atoms with Gasteiger partial charge in [0.25, 0.3) is 5.69 Å². The van der Waals surface area contributed by atoms with E-state index in [0.717, 1.165) is 18.4 Å². The Labute approximate surface area is 231 Å². The van der Waals surface area contributed by atoms with Gasteiger partial charge in [-0.25, -0.2) is 8.42 Å². The molecule has 1 unspecified atom stereocenters. The van der Waals surface area contributed by atoms with E-state index in [4.69, 9.17) is 27.9 Å². The quantitative estimate of drug-likeness (QED) is 0.275. The molecule has 0 aliphatic heterocycles. The van der Waals surface area contributed by atoms with Crippen LogP contribution in [0.5, 0.6) is 5.75 Å². The summed E-state index contributed by atoms with van der Waals surface area (Å²) in [7, 11) is -2.87. The average molecular weight is 589 g/mol. The summed E-state index contributed by atoms with van der Waals surface area (Å²) in [6.45, 7) is 3.13.